The van der Waals surface area contributed by atoms with Crippen molar-refractivity contribution >= 4 is 0 Å². The van der Waals surface area contributed by atoms with Gasteiger partial charge in [0.15, 0.2) is 0 Å². The van der Waals surface area contributed by atoms with Crippen LogP contribution in [0.15, 0.2) is 0 Å². The van der Waals surface area contributed by atoms with Crippen LogP contribution in [0.1, 0.15) is 47.5 Å². The maximum absolute atomic E-state index is 3.58. The van der Waals surface area contributed by atoms with Crippen LogP contribution in [0, 0.1) is 11.3 Å². The Balaban J connectivity index is 2.20. The van der Waals surface area contributed by atoms with E-state index < -0.39 is 0 Å². The van der Waals surface area contributed by atoms with Gasteiger partial charge in [-0.3, -0.25) is 0 Å². The first-order valence-electron chi connectivity index (χ1n) is 5.15. The van der Waals surface area contributed by atoms with Gasteiger partial charge in [-0.1, -0.05) is 34.6 Å². The van der Waals surface area contributed by atoms with Crippen LogP contribution in [0.2, 0.25) is 0 Å². The minimum absolute atomic E-state index is 0.523. The third-order valence-electron chi connectivity index (χ3n) is 2.93. The molecule has 0 atom stereocenters. The average molecular weight is 169 g/mol. The molecule has 0 aromatic heterocycles. The van der Waals surface area contributed by atoms with E-state index in [2.05, 4.69) is 39.9 Å². The van der Waals surface area contributed by atoms with E-state index in [1.807, 2.05) is 0 Å². The molecule has 1 aliphatic rings. The largest absolute Gasteiger partial charge is 0.312 e. The highest BCUT2D eigenvalue weighted by Crippen LogP contribution is 2.41. The van der Waals surface area contributed by atoms with E-state index in [9.17, 15) is 0 Å². The molecular formula is C11H23N. The van der Waals surface area contributed by atoms with Crippen molar-refractivity contribution < 1.29 is 0 Å². The zero-order valence-corrected chi connectivity index (χ0v) is 9.15. The van der Waals surface area contributed by atoms with Gasteiger partial charge in [-0.2, -0.15) is 0 Å². The Kier molecular flexibility index (Phi) is 2.82. The normalized spacial score (nSPS) is 30.5. The van der Waals surface area contributed by atoms with Crippen LogP contribution >= 0.6 is 0 Å². The molecule has 0 amide bonds. The Morgan fingerprint density at radius 3 is 2.00 bits per heavy atom. The van der Waals surface area contributed by atoms with E-state index in [1.54, 1.807) is 0 Å². The standard InChI is InChI=1S/C11H23N/c1-8(2)12-10-6-9(7-10)11(3,4)5/h8-10,12H,6-7H2,1-5H3. The van der Waals surface area contributed by atoms with E-state index in [1.165, 1.54) is 12.8 Å². The molecule has 1 saturated carbocycles. The van der Waals surface area contributed by atoms with Crippen molar-refractivity contribution in [3.05, 3.63) is 0 Å². The molecule has 0 unspecified atom stereocenters. The molecule has 1 rings (SSSR count). The molecule has 1 N–H and O–H groups in total. The molecular weight excluding hydrogens is 146 g/mol. The molecule has 0 spiro atoms. The van der Waals surface area contributed by atoms with Gasteiger partial charge in [0.05, 0.1) is 0 Å². The van der Waals surface area contributed by atoms with Crippen molar-refractivity contribution in [1.82, 2.24) is 5.32 Å². The molecule has 0 saturated heterocycles. The second-order valence-corrected chi connectivity index (χ2v) is 5.55. The summed E-state index contributed by atoms with van der Waals surface area (Å²) in [4.78, 5) is 0. The minimum Gasteiger partial charge on any atom is -0.312 e. The summed E-state index contributed by atoms with van der Waals surface area (Å²) in [5.41, 5.74) is 0.523. The van der Waals surface area contributed by atoms with Gasteiger partial charge in [0.1, 0.15) is 0 Å². The second-order valence-electron chi connectivity index (χ2n) is 5.55. The summed E-state index contributed by atoms with van der Waals surface area (Å²) >= 11 is 0. The highest BCUT2D eigenvalue weighted by molar-refractivity contribution is 4.91. The monoisotopic (exact) mass is 169 g/mol. The van der Waals surface area contributed by atoms with Crippen molar-refractivity contribution in [2.75, 3.05) is 0 Å². The number of hydrogen-bond acceptors (Lipinski definition) is 1. The second kappa shape index (κ2) is 3.37. The topological polar surface area (TPSA) is 12.0 Å². The van der Waals surface area contributed by atoms with Crippen molar-refractivity contribution in [2.45, 2.75) is 59.5 Å². The Hall–Kier alpha value is -0.0400. The molecule has 1 heteroatoms. The lowest BCUT2D eigenvalue weighted by molar-refractivity contribution is 0.0944. The van der Waals surface area contributed by atoms with Crippen molar-refractivity contribution in [3.8, 4) is 0 Å². The molecule has 0 bridgehead atoms. The Bertz CT molecular complexity index is 138. The van der Waals surface area contributed by atoms with Crippen molar-refractivity contribution in [1.29, 1.82) is 0 Å². The van der Waals surface area contributed by atoms with Gasteiger partial charge in [-0.15, -0.1) is 0 Å². The molecule has 12 heavy (non-hydrogen) atoms. The van der Waals surface area contributed by atoms with Crippen LogP contribution in [-0.4, -0.2) is 12.1 Å². The Morgan fingerprint density at radius 2 is 1.67 bits per heavy atom. The highest BCUT2D eigenvalue weighted by atomic mass is 15.0. The maximum atomic E-state index is 3.58. The van der Waals surface area contributed by atoms with Crippen LogP contribution in [-0.2, 0) is 0 Å². The lowest BCUT2D eigenvalue weighted by atomic mass is 9.66. The van der Waals surface area contributed by atoms with Gasteiger partial charge in [0, 0.05) is 12.1 Å². The van der Waals surface area contributed by atoms with E-state index in [4.69, 9.17) is 0 Å². The Morgan fingerprint density at radius 1 is 1.17 bits per heavy atom. The predicted octanol–water partition coefficient (Wildman–Crippen LogP) is 2.81. The fourth-order valence-electron chi connectivity index (χ4n) is 1.93. The van der Waals surface area contributed by atoms with Gasteiger partial charge >= 0.3 is 0 Å². The zero-order chi connectivity index (χ0) is 9.35. The van der Waals surface area contributed by atoms with Crippen molar-refractivity contribution in [2.24, 2.45) is 11.3 Å². The first-order chi connectivity index (χ1) is 5.39. The molecule has 1 fully saturated rings. The van der Waals surface area contributed by atoms with Crippen LogP contribution in [0.25, 0.3) is 0 Å². The van der Waals surface area contributed by atoms with Gasteiger partial charge in [0.25, 0.3) is 0 Å². The van der Waals surface area contributed by atoms with E-state index >= 15 is 0 Å². The van der Waals surface area contributed by atoms with Crippen molar-refractivity contribution in [3.63, 3.8) is 0 Å². The molecule has 1 aliphatic carbocycles. The van der Waals surface area contributed by atoms with Gasteiger partial charge < -0.3 is 5.32 Å². The number of nitrogens with one attached hydrogen (secondary N) is 1. The van der Waals surface area contributed by atoms with E-state index in [-0.39, 0.29) is 0 Å². The third-order valence-corrected chi connectivity index (χ3v) is 2.93. The third kappa shape index (κ3) is 2.48. The van der Waals surface area contributed by atoms with Gasteiger partial charge in [0.2, 0.25) is 0 Å². The molecule has 0 radical (unpaired) electrons. The summed E-state index contributed by atoms with van der Waals surface area (Å²) in [7, 11) is 0. The van der Waals surface area contributed by atoms with Crippen LogP contribution in [0.3, 0.4) is 0 Å². The smallest absolute Gasteiger partial charge is 0.00751 e. The lowest BCUT2D eigenvalue weighted by Gasteiger charge is -2.44. The number of hydrogen-bond donors (Lipinski definition) is 1. The molecule has 1 nitrogen and oxygen atoms in total. The SMILES string of the molecule is CC(C)NC1CC(C(C)(C)C)C1. The first kappa shape index (κ1) is 10.0. The van der Waals surface area contributed by atoms with Gasteiger partial charge in [-0.05, 0) is 24.2 Å². The summed E-state index contributed by atoms with van der Waals surface area (Å²) in [6.45, 7) is 11.5. The maximum Gasteiger partial charge on any atom is 0.00751 e. The fraction of sp³-hybridized carbons (Fsp3) is 1.00. The fourth-order valence-corrected chi connectivity index (χ4v) is 1.93. The summed E-state index contributed by atoms with van der Waals surface area (Å²) in [5.74, 6) is 0.939. The number of rotatable bonds is 2. The summed E-state index contributed by atoms with van der Waals surface area (Å²) < 4.78 is 0. The molecule has 0 heterocycles. The minimum atomic E-state index is 0.523. The predicted molar refractivity (Wildman–Crippen MR) is 54.2 cm³/mol. The Labute approximate surface area is 76.9 Å². The molecule has 72 valence electrons. The van der Waals surface area contributed by atoms with E-state index in [0.29, 0.717) is 11.5 Å². The summed E-state index contributed by atoms with van der Waals surface area (Å²) in [5, 5.41) is 3.58. The lowest BCUT2D eigenvalue weighted by Crippen LogP contribution is -2.48. The van der Waals surface area contributed by atoms with Crippen LogP contribution in [0.5, 0.6) is 0 Å². The van der Waals surface area contributed by atoms with Crippen LogP contribution in [0.4, 0.5) is 0 Å². The molecule has 0 aromatic carbocycles. The zero-order valence-electron chi connectivity index (χ0n) is 9.15. The highest BCUT2D eigenvalue weighted by Gasteiger charge is 2.36. The average Bonchev–Trinajstić information content (AvgIpc) is 1.73. The van der Waals surface area contributed by atoms with Gasteiger partial charge in [-0.25, -0.2) is 0 Å². The molecule has 0 aliphatic heterocycles. The first-order valence-corrected chi connectivity index (χ1v) is 5.15. The summed E-state index contributed by atoms with van der Waals surface area (Å²) in [6, 6.07) is 1.45. The van der Waals surface area contributed by atoms with Crippen LogP contribution < -0.4 is 5.32 Å². The molecule has 0 aromatic rings. The van der Waals surface area contributed by atoms with E-state index in [0.717, 1.165) is 12.0 Å². The quantitative estimate of drug-likeness (QED) is 0.670. The summed E-state index contributed by atoms with van der Waals surface area (Å²) in [6.07, 6.45) is 2.75.